The molecule has 0 saturated heterocycles. The monoisotopic (exact) mass is 740 g/mol. The molecule has 0 amide bonds. The van der Waals surface area contributed by atoms with Crippen molar-refractivity contribution in [2.45, 2.75) is 20.8 Å². The van der Waals surface area contributed by atoms with Gasteiger partial charge in [-0.1, -0.05) is 123 Å². The fourth-order valence-electron chi connectivity index (χ4n) is 8.47. The van der Waals surface area contributed by atoms with Gasteiger partial charge < -0.3 is 9.46 Å². The molecule has 0 saturated carbocycles. The minimum absolute atomic E-state index is 0.620. The fraction of sp³-hybridized carbons (Fsp3) is 0.125. The summed E-state index contributed by atoms with van der Waals surface area (Å²) in [6, 6.07) is 54.9. The van der Waals surface area contributed by atoms with Crippen molar-refractivity contribution in [2.24, 2.45) is 0 Å². The lowest BCUT2D eigenvalue weighted by atomic mass is 9.98. The van der Waals surface area contributed by atoms with Crippen LogP contribution in [0.4, 0.5) is 17.1 Å². The van der Waals surface area contributed by atoms with Gasteiger partial charge in [-0.25, -0.2) is 4.67 Å². The quantitative estimate of drug-likeness (QED) is 0.153. The summed E-state index contributed by atoms with van der Waals surface area (Å²) >= 11 is 0. The highest BCUT2D eigenvalue weighted by atomic mass is 31.2. The Kier molecular flexibility index (Phi) is 8.47. The van der Waals surface area contributed by atoms with Crippen LogP contribution in [-0.2, 0) is 9.13 Å². The Bertz CT molecular complexity index is 2680. The summed E-state index contributed by atoms with van der Waals surface area (Å²) < 4.78 is 33.8. The average molecular weight is 741 g/mol. The van der Waals surface area contributed by atoms with Gasteiger partial charge in [-0.3, -0.25) is 4.57 Å². The van der Waals surface area contributed by atoms with Gasteiger partial charge in [0.15, 0.2) is 0 Å². The number of benzene rings is 7. The molecule has 4 nitrogen and oxygen atoms in total. The van der Waals surface area contributed by atoms with Gasteiger partial charge in [-0.15, -0.1) is 0 Å². The molecule has 0 fully saturated rings. The van der Waals surface area contributed by atoms with E-state index in [0.717, 1.165) is 88.4 Å². The van der Waals surface area contributed by atoms with Gasteiger partial charge in [-0.05, 0) is 112 Å². The summed E-state index contributed by atoms with van der Waals surface area (Å²) in [5.74, 6) is 0. The van der Waals surface area contributed by atoms with E-state index in [0.29, 0.717) is 13.1 Å². The second-order valence-electron chi connectivity index (χ2n) is 14.4. The molecular formula is C48H42N2O2P2. The summed E-state index contributed by atoms with van der Waals surface area (Å²) in [5, 5.41) is 3.18. The molecule has 0 aliphatic carbocycles. The molecule has 0 spiro atoms. The second kappa shape index (κ2) is 13.3. The summed E-state index contributed by atoms with van der Waals surface area (Å²) in [7, 11) is -6.52. The third kappa shape index (κ3) is 5.39. The minimum atomic E-state index is -3.38. The SMILES string of the molecule is CCN(CC)P1(=O)c2cc(-c3cccc(-c4ccccc4)c3)ccc2N2c3ccc(-c4cccc(-c5ccccc5)c4)cc3P(C)(=O)c3cc(C)cc1c32. The molecule has 2 heterocycles. The first-order chi connectivity index (χ1) is 26.2. The van der Waals surface area contributed by atoms with Crippen LogP contribution >= 0.6 is 14.4 Å². The highest BCUT2D eigenvalue weighted by molar-refractivity contribution is 7.80. The Balaban J connectivity index is 1.26. The topological polar surface area (TPSA) is 40.6 Å². The molecule has 54 heavy (non-hydrogen) atoms. The van der Waals surface area contributed by atoms with E-state index in [1.165, 1.54) is 0 Å². The molecular weight excluding hydrogens is 698 g/mol. The van der Waals surface area contributed by atoms with Crippen LogP contribution in [-0.4, -0.2) is 24.4 Å². The van der Waals surface area contributed by atoms with Gasteiger partial charge in [0.2, 0.25) is 7.29 Å². The molecule has 7 aromatic rings. The van der Waals surface area contributed by atoms with Gasteiger partial charge in [-0.2, -0.15) is 0 Å². The number of fused-ring (bicyclic) bond motifs is 4. The van der Waals surface area contributed by atoms with E-state index in [1.54, 1.807) is 0 Å². The van der Waals surface area contributed by atoms with Crippen molar-refractivity contribution in [2.75, 3.05) is 24.7 Å². The highest BCUT2D eigenvalue weighted by Gasteiger charge is 2.49. The molecule has 2 aliphatic rings. The first-order valence-electron chi connectivity index (χ1n) is 18.7. The highest BCUT2D eigenvalue weighted by Crippen LogP contribution is 2.62. The number of hydrogen-bond acceptors (Lipinski definition) is 3. The maximum atomic E-state index is 16.2. The first-order valence-corrected chi connectivity index (χ1v) is 22.5. The summed E-state index contributed by atoms with van der Waals surface area (Å²) in [5.41, 5.74) is 12.3. The van der Waals surface area contributed by atoms with E-state index in [1.807, 2.05) is 25.7 Å². The van der Waals surface area contributed by atoms with E-state index in [-0.39, 0.29) is 0 Å². The lowest BCUT2D eigenvalue weighted by Crippen LogP contribution is -2.46. The van der Waals surface area contributed by atoms with Crippen molar-refractivity contribution in [3.05, 3.63) is 163 Å². The summed E-state index contributed by atoms with van der Waals surface area (Å²) in [6.45, 7) is 9.33. The third-order valence-electron chi connectivity index (χ3n) is 11.2. The molecule has 0 bridgehead atoms. The molecule has 0 aromatic heterocycles. The van der Waals surface area contributed by atoms with Crippen molar-refractivity contribution in [1.29, 1.82) is 0 Å². The molecule has 0 N–H and O–H groups in total. The number of aryl methyl sites for hydroxylation is 1. The Morgan fingerprint density at radius 2 is 0.889 bits per heavy atom. The molecule has 0 radical (unpaired) electrons. The lowest BCUT2D eigenvalue weighted by molar-refractivity contribution is 0.458. The van der Waals surface area contributed by atoms with Crippen molar-refractivity contribution >= 4 is 52.7 Å². The molecule has 2 atom stereocenters. The zero-order valence-electron chi connectivity index (χ0n) is 31.0. The third-order valence-corrected chi connectivity index (χ3v) is 17.1. The Hall–Kier alpha value is -5.24. The largest absolute Gasteiger partial charge is 0.314 e. The second-order valence-corrected chi connectivity index (χ2v) is 19.9. The Morgan fingerprint density at radius 1 is 0.463 bits per heavy atom. The molecule has 2 aliphatic heterocycles. The van der Waals surface area contributed by atoms with Crippen molar-refractivity contribution in [3.63, 3.8) is 0 Å². The lowest BCUT2D eigenvalue weighted by Gasteiger charge is -2.46. The molecule has 7 aromatic carbocycles. The van der Waals surface area contributed by atoms with Crippen LogP contribution in [0.25, 0.3) is 44.5 Å². The van der Waals surface area contributed by atoms with Gasteiger partial charge >= 0.3 is 0 Å². The van der Waals surface area contributed by atoms with Gasteiger partial charge in [0, 0.05) is 23.7 Å². The van der Waals surface area contributed by atoms with Gasteiger partial charge in [0.05, 0.1) is 27.7 Å². The van der Waals surface area contributed by atoms with E-state index >= 15 is 9.13 Å². The van der Waals surface area contributed by atoms with Gasteiger partial charge in [0.25, 0.3) is 0 Å². The predicted molar refractivity (Wildman–Crippen MR) is 230 cm³/mol. The van der Waals surface area contributed by atoms with Crippen LogP contribution in [0.15, 0.2) is 158 Å². The normalized spacial score (nSPS) is 18.2. The van der Waals surface area contributed by atoms with E-state index in [9.17, 15) is 0 Å². The van der Waals surface area contributed by atoms with Gasteiger partial charge in [0.1, 0.15) is 7.14 Å². The van der Waals surface area contributed by atoms with Crippen LogP contribution < -0.4 is 26.1 Å². The number of nitrogens with zero attached hydrogens (tertiary/aromatic N) is 2. The maximum absolute atomic E-state index is 16.2. The van der Waals surface area contributed by atoms with Crippen LogP contribution in [0.1, 0.15) is 19.4 Å². The van der Waals surface area contributed by atoms with Crippen LogP contribution in [0.5, 0.6) is 0 Å². The van der Waals surface area contributed by atoms with E-state index < -0.39 is 14.4 Å². The minimum Gasteiger partial charge on any atom is -0.314 e. The fourth-order valence-corrected chi connectivity index (χ4v) is 14.2. The van der Waals surface area contributed by atoms with E-state index in [2.05, 4.69) is 169 Å². The maximum Gasteiger partial charge on any atom is 0.211 e. The molecule has 6 heteroatoms. The van der Waals surface area contributed by atoms with Crippen LogP contribution in [0, 0.1) is 6.92 Å². The zero-order valence-corrected chi connectivity index (χ0v) is 32.8. The smallest absolute Gasteiger partial charge is 0.211 e. The van der Waals surface area contributed by atoms with E-state index in [4.69, 9.17) is 0 Å². The van der Waals surface area contributed by atoms with Crippen LogP contribution in [0.2, 0.25) is 0 Å². The number of rotatable bonds is 7. The average Bonchev–Trinajstić information content (AvgIpc) is 3.22. The Morgan fingerprint density at radius 3 is 1.41 bits per heavy atom. The molecule has 9 rings (SSSR count). The summed E-state index contributed by atoms with van der Waals surface area (Å²) in [4.78, 5) is 2.25. The number of anilines is 3. The number of hydrogen-bond donors (Lipinski definition) is 0. The molecule has 2 unspecified atom stereocenters. The van der Waals surface area contributed by atoms with Crippen molar-refractivity contribution in [3.8, 4) is 44.5 Å². The predicted octanol–water partition coefficient (Wildman–Crippen LogP) is 11.3. The first kappa shape index (κ1) is 34.5. The Labute approximate surface area is 318 Å². The summed E-state index contributed by atoms with van der Waals surface area (Å²) in [6.07, 6.45) is 0. The van der Waals surface area contributed by atoms with Crippen molar-refractivity contribution < 1.29 is 9.13 Å². The zero-order chi connectivity index (χ0) is 37.2. The van der Waals surface area contributed by atoms with Crippen molar-refractivity contribution in [1.82, 2.24) is 4.67 Å². The molecule has 266 valence electrons. The van der Waals surface area contributed by atoms with Crippen LogP contribution in [0.3, 0.4) is 0 Å². The standard InChI is InChI=1S/C48H42N2O2P2/c1-5-49(6-2)54(52)45-32-41(39-22-14-20-37(30-39)35-17-11-8-12-18-35)24-26-43(45)50-42-25-23-40(38-21-13-19-36(29-38)34-15-9-7-10-16-34)31-44(42)53(4,51)46-27-33(3)28-47(54)48(46)50/h7-32H,5-6H2,1-4H3.